The lowest BCUT2D eigenvalue weighted by molar-refractivity contribution is 0.0926. The third-order valence-corrected chi connectivity index (χ3v) is 11.7. The van der Waals surface area contributed by atoms with Crippen LogP contribution in [-0.4, -0.2) is 16.4 Å². The van der Waals surface area contributed by atoms with Gasteiger partial charge in [0.25, 0.3) is 11.8 Å². The van der Waals surface area contributed by atoms with E-state index in [0.29, 0.717) is 22.5 Å². The molecule has 0 aliphatic carbocycles. The molecular weight excluding hydrogens is 733 g/mol. The Balaban J connectivity index is 1.15. The molecule has 0 N–H and O–H groups in total. The first-order valence-corrected chi connectivity index (χ1v) is 20.2. The second-order valence-electron chi connectivity index (χ2n) is 15.2. The van der Waals surface area contributed by atoms with Crippen molar-refractivity contribution < 1.29 is 9.59 Å². The fourth-order valence-corrected chi connectivity index (χ4v) is 8.91. The van der Waals surface area contributed by atoms with E-state index in [9.17, 15) is 0 Å². The lowest BCUT2D eigenvalue weighted by Crippen LogP contribution is -2.30. The number of hydrogen-bond acceptors (Lipinski definition) is 2. The molecule has 4 nitrogen and oxygen atoms in total. The lowest BCUT2D eigenvalue weighted by atomic mass is 9.90. The van der Waals surface area contributed by atoms with E-state index in [0.717, 1.165) is 77.4 Å². The summed E-state index contributed by atoms with van der Waals surface area (Å²) < 4.78 is 2.16. The predicted molar refractivity (Wildman–Crippen MR) is 246 cm³/mol. The third-order valence-electron chi connectivity index (χ3n) is 11.7. The highest BCUT2D eigenvalue weighted by Crippen LogP contribution is 2.47. The Morgan fingerprint density at radius 2 is 0.717 bits per heavy atom. The summed E-state index contributed by atoms with van der Waals surface area (Å²) >= 11 is 0. The molecule has 9 aromatic carbocycles. The highest BCUT2D eigenvalue weighted by Gasteiger charge is 2.41. The van der Waals surface area contributed by atoms with Gasteiger partial charge in [-0.3, -0.25) is 9.59 Å². The van der Waals surface area contributed by atoms with Crippen LogP contribution in [0.5, 0.6) is 0 Å². The van der Waals surface area contributed by atoms with Crippen molar-refractivity contribution in [2.75, 3.05) is 4.90 Å². The molecule has 11 rings (SSSR count). The Morgan fingerprint density at radius 1 is 0.300 bits per heavy atom. The fraction of sp³-hybridized carbons (Fsp3) is 0. The molecule has 0 saturated heterocycles. The molecule has 60 heavy (non-hydrogen) atoms. The van der Waals surface area contributed by atoms with Crippen LogP contribution in [0.25, 0.3) is 83.1 Å². The largest absolute Gasteiger partial charge is 0.308 e. The standard InChI is InChI=1S/C56H36N2O2/c59-55-45-27-16-28-52(57-50-31-29-42(37-17-6-1-7-18-37)33-48(50)49-34-43(30-32-51(49)57)38-19-8-2-9-20-38)53(45)56(60)58(55)54-46(40-23-12-4-13-24-40)35-44(39-21-10-3-11-22-39)36-47(54)41-25-14-5-15-26-41/h1-36H. The van der Waals surface area contributed by atoms with Crippen molar-refractivity contribution >= 4 is 39.3 Å². The summed E-state index contributed by atoms with van der Waals surface area (Å²) in [5, 5.41) is 2.12. The number of carbonyl (C=O) groups is 2. The van der Waals surface area contributed by atoms with Gasteiger partial charge in [-0.05, 0) is 93.0 Å². The van der Waals surface area contributed by atoms with E-state index >= 15 is 9.59 Å². The maximum Gasteiger partial charge on any atom is 0.268 e. The van der Waals surface area contributed by atoms with Gasteiger partial charge in [-0.15, -0.1) is 0 Å². The molecule has 2 amide bonds. The first-order chi connectivity index (χ1) is 29.6. The van der Waals surface area contributed by atoms with Gasteiger partial charge < -0.3 is 4.57 Å². The predicted octanol–water partition coefficient (Wildman–Crippen LogP) is 13.9. The summed E-state index contributed by atoms with van der Waals surface area (Å²) in [6.45, 7) is 0. The Morgan fingerprint density at radius 3 is 1.17 bits per heavy atom. The van der Waals surface area contributed by atoms with Crippen molar-refractivity contribution in [3.63, 3.8) is 0 Å². The monoisotopic (exact) mass is 768 g/mol. The Hall–Kier alpha value is -8.08. The average Bonchev–Trinajstić information content (AvgIpc) is 3.78. The van der Waals surface area contributed by atoms with Gasteiger partial charge >= 0.3 is 0 Å². The highest BCUT2D eigenvalue weighted by atomic mass is 16.2. The second-order valence-corrected chi connectivity index (χ2v) is 15.2. The van der Waals surface area contributed by atoms with E-state index in [2.05, 4.69) is 114 Å². The molecule has 1 aliphatic heterocycles. The van der Waals surface area contributed by atoms with Gasteiger partial charge in [0.2, 0.25) is 0 Å². The third kappa shape index (κ3) is 5.77. The summed E-state index contributed by atoms with van der Waals surface area (Å²) in [5.41, 5.74) is 13.8. The van der Waals surface area contributed by atoms with Crippen LogP contribution >= 0.6 is 0 Å². The number of carbonyl (C=O) groups excluding carboxylic acids is 2. The molecule has 0 saturated carbocycles. The number of benzene rings is 9. The highest BCUT2D eigenvalue weighted by molar-refractivity contribution is 6.37. The van der Waals surface area contributed by atoms with E-state index < -0.39 is 0 Å². The van der Waals surface area contributed by atoms with Gasteiger partial charge in [-0.1, -0.05) is 170 Å². The zero-order valence-corrected chi connectivity index (χ0v) is 32.5. The molecule has 0 atom stereocenters. The van der Waals surface area contributed by atoms with Gasteiger partial charge in [-0.25, -0.2) is 4.90 Å². The number of amides is 2. The minimum Gasteiger partial charge on any atom is -0.308 e. The number of rotatable bonds is 7. The van der Waals surface area contributed by atoms with E-state index in [4.69, 9.17) is 0 Å². The Labute approximate surface area is 347 Å². The van der Waals surface area contributed by atoms with Crippen molar-refractivity contribution in [3.05, 3.63) is 230 Å². The molecule has 0 unspecified atom stereocenters. The summed E-state index contributed by atoms with van der Waals surface area (Å²) in [6, 6.07) is 74.0. The molecular formula is C56H36N2O2. The number of nitrogens with zero attached hydrogens (tertiary/aromatic N) is 2. The van der Waals surface area contributed by atoms with Crippen LogP contribution in [0.1, 0.15) is 20.7 Å². The smallest absolute Gasteiger partial charge is 0.268 e. The van der Waals surface area contributed by atoms with Crippen molar-refractivity contribution in [1.82, 2.24) is 4.57 Å². The van der Waals surface area contributed by atoms with Crippen LogP contribution in [0.3, 0.4) is 0 Å². The van der Waals surface area contributed by atoms with Gasteiger partial charge in [0.05, 0.1) is 33.5 Å². The SMILES string of the molecule is O=C1c2cccc(-n3c4ccc(-c5ccccc5)cc4c4cc(-c5ccccc5)ccc43)c2C(=O)N1c1c(-c2ccccc2)cc(-c2ccccc2)cc1-c1ccccc1. The normalized spacial score (nSPS) is 12.4. The fourth-order valence-electron chi connectivity index (χ4n) is 8.91. The molecule has 1 aromatic heterocycles. The molecule has 2 heterocycles. The van der Waals surface area contributed by atoms with Crippen LogP contribution < -0.4 is 4.90 Å². The lowest BCUT2D eigenvalue weighted by Gasteiger charge is -2.24. The maximum absolute atomic E-state index is 15.5. The quantitative estimate of drug-likeness (QED) is 0.152. The first kappa shape index (κ1) is 35.1. The minimum absolute atomic E-state index is 0.350. The molecule has 0 radical (unpaired) electrons. The van der Waals surface area contributed by atoms with E-state index in [-0.39, 0.29) is 11.8 Å². The van der Waals surface area contributed by atoms with Crippen molar-refractivity contribution in [1.29, 1.82) is 0 Å². The van der Waals surface area contributed by atoms with Crippen LogP contribution in [0, 0.1) is 0 Å². The van der Waals surface area contributed by atoms with Gasteiger partial charge in [0.15, 0.2) is 0 Å². The zero-order chi connectivity index (χ0) is 40.2. The molecule has 4 heteroatoms. The topological polar surface area (TPSA) is 42.3 Å². The van der Waals surface area contributed by atoms with Crippen molar-refractivity contribution in [2.45, 2.75) is 0 Å². The minimum atomic E-state index is -0.357. The summed E-state index contributed by atoms with van der Waals surface area (Å²) in [4.78, 5) is 32.0. The van der Waals surface area contributed by atoms with Crippen LogP contribution in [-0.2, 0) is 0 Å². The molecule has 0 fully saturated rings. The first-order valence-electron chi connectivity index (χ1n) is 20.2. The number of fused-ring (bicyclic) bond motifs is 4. The molecule has 282 valence electrons. The summed E-state index contributed by atoms with van der Waals surface area (Å²) in [7, 11) is 0. The number of anilines is 1. The molecule has 10 aromatic rings. The number of imide groups is 1. The van der Waals surface area contributed by atoms with E-state index in [1.54, 1.807) is 6.07 Å². The van der Waals surface area contributed by atoms with Crippen LogP contribution in [0.2, 0.25) is 0 Å². The summed E-state index contributed by atoms with van der Waals surface area (Å²) in [6.07, 6.45) is 0. The van der Waals surface area contributed by atoms with Gasteiger partial charge in [0.1, 0.15) is 0 Å². The van der Waals surface area contributed by atoms with Gasteiger partial charge in [-0.2, -0.15) is 0 Å². The molecule has 0 bridgehead atoms. The maximum atomic E-state index is 15.5. The average molecular weight is 769 g/mol. The van der Waals surface area contributed by atoms with Crippen molar-refractivity contribution in [3.8, 4) is 61.3 Å². The number of hydrogen-bond donors (Lipinski definition) is 0. The van der Waals surface area contributed by atoms with E-state index in [1.165, 1.54) is 4.90 Å². The van der Waals surface area contributed by atoms with E-state index in [1.807, 2.05) is 103 Å². The molecule has 1 aliphatic rings. The zero-order valence-electron chi connectivity index (χ0n) is 32.5. The Bertz CT molecular complexity index is 3110. The van der Waals surface area contributed by atoms with Crippen LogP contribution in [0.4, 0.5) is 5.69 Å². The molecule has 0 spiro atoms. The van der Waals surface area contributed by atoms with Gasteiger partial charge in [0, 0.05) is 21.9 Å². The van der Waals surface area contributed by atoms with Crippen molar-refractivity contribution in [2.24, 2.45) is 0 Å². The van der Waals surface area contributed by atoms with Crippen LogP contribution in [0.15, 0.2) is 218 Å². The second kappa shape index (κ2) is 14.4. The summed E-state index contributed by atoms with van der Waals surface area (Å²) in [5.74, 6) is -0.707. The Kier molecular flexibility index (Phi) is 8.42. The number of aromatic nitrogens is 1.